The Morgan fingerprint density at radius 3 is 2.62 bits per heavy atom. The highest BCUT2D eigenvalue weighted by Crippen LogP contribution is 2.44. The summed E-state index contributed by atoms with van der Waals surface area (Å²) < 4.78 is 7.19. The highest BCUT2D eigenvalue weighted by Gasteiger charge is 2.32. The first-order valence-corrected chi connectivity index (χ1v) is 14.3. The summed E-state index contributed by atoms with van der Waals surface area (Å²) in [7, 11) is 0. The summed E-state index contributed by atoms with van der Waals surface area (Å²) in [6.45, 7) is 9.23. The SMILES string of the molecule is CSc1nc(SCC(=O)c2ccccc2)c2sc3nc(C(C)C)c4c(c3c2n1)CC(C)(C)OC4. The highest BCUT2D eigenvalue weighted by molar-refractivity contribution is 8.00. The summed E-state index contributed by atoms with van der Waals surface area (Å²) >= 11 is 4.66. The molecule has 1 aliphatic heterocycles. The number of ketones is 1. The molecule has 5 nitrogen and oxygen atoms in total. The molecule has 0 fully saturated rings. The van der Waals surface area contributed by atoms with Crippen LogP contribution in [0, 0.1) is 0 Å². The molecule has 0 spiro atoms. The molecule has 4 heterocycles. The van der Waals surface area contributed by atoms with Gasteiger partial charge in [-0.2, -0.15) is 0 Å². The van der Waals surface area contributed by atoms with Gasteiger partial charge in [0.25, 0.3) is 0 Å². The zero-order valence-electron chi connectivity index (χ0n) is 20.0. The molecule has 0 N–H and O–H groups in total. The second-order valence-electron chi connectivity index (χ2n) is 9.39. The van der Waals surface area contributed by atoms with Crippen molar-refractivity contribution in [2.75, 3.05) is 12.0 Å². The van der Waals surface area contributed by atoms with Crippen LogP contribution in [0.3, 0.4) is 0 Å². The van der Waals surface area contributed by atoms with Crippen LogP contribution in [0.5, 0.6) is 0 Å². The number of benzene rings is 1. The second kappa shape index (κ2) is 9.22. The van der Waals surface area contributed by atoms with E-state index in [1.165, 1.54) is 34.7 Å². The molecule has 1 aliphatic rings. The van der Waals surface area contributed by atoms with Crippen molar-refractivity contribution < 1.29 is 9.53 Å². The molecule has 5 rings (SSSR count). The number of thiophene rings is 1. The molecule has 0 bridgehead atoms. The minimum absolute atomic E-state index is 0.0978. The largest absolute Gasteiger partial charge is 0.370 e. The smallest absolute Gasteiger partial charge is 0.189 e. The third-order valence-electron chi connectivity index (χ3n) is 6.04. The van der Waals surface area contributed by atoms with Gasteiger partial charge in [-0.25, -0.2) is 15.0 Å². The summed E-state index contributed by atoms with van der Waals surface area (Å²) in [6.07, 6.45) is 2.81. The maximum absolute atomic E-state index is 12.8. The first kappa shape index (κ1) is 23.7. The number of pyridine rings is 1. The molecule has 1 aromatic carbocycles. The Balaban J connectivity index is 1.66. The second-order valence-corrected chi connectivity index (χ2v) is 12.1. The average molecular weight is 510 g/mol. The molecule has 4 aromatic rings. The molecule has 0 unspecified atom stereocenters. The van der Waals surface area contributed by atoms with E-state index in [2.05, 4.69) is 27.7 Å². The van der Waals surface area contributed by atoms with Crippen LogP contribution in [0.15, 0.2) is 40.5 Å². The standard InChI is InChI=1S/C26H27N3O2S3/c1-14(2)20-17-12-31-26(3,4)11-16(17)19-21-22(34-23(19)27-20)24(29-25(28-21)32-5)33-13-18(30)15-9-7-6-8-10-15/h6-10,14H,11-13H2,1-5H3. The maximum atomic E-state index is 12.8. The van der Waals surface area contributed by atoms with E-state index in [9.17, 15) is 4.79 Å². The van der Waals surface area contributed by atoms with Crippen LogP contribution in [0.4, 0.5) is 0 Å². The number of hydrogen-bond donors (Lipinski definition) is 0. The zero-order valence-corrected chi connectivity index (χ0v) is 22.4. The summed E-state index contributed by atoms with van der Waals surface area (Å²) in [6, 6.07) is 9.43. The summed E-state index contributed by atoms with van der Waals surface area (Å²) in [5.41, 5.74) is 5.06. The van der Waals surface area contributed by atoms with Crippen molar-refractivity contribution in [3.05, 3.63) is 52.7 Å². The topological polar surface area (TPSA) is 65.0 Å². The van der Waals surface area contributed by atoms with Crippen LogP contribution >= 0.6 is 34.9 Å². The lowest BCUT2D eigenvalue weighted by atomic mass is 9.87. The number of carbonyl (C=O) groups excluding carboxylic acids is 1. The number of carbonyl (C=O) groups is 1. The Kier molecular flexibility index (Phi) is 6.44. The van der Waals surface area contributed by atoms with Crippen molar-refractivity contribution in [2.45, 2.75) is 62.4 Å². The predicted octanol–water partition coefficient (Wildman–Crippen LogP) is 6.91. The Morgan fingerprint density at radius 1 is 1.15 bits per heavy atom. The van der Waals surface area contributed by atoms with E-state index in [4.69, 9.17) is 19.7 Å². The molecule has 176 valence electrons. The van der Waals surface area contributed by atoms with Gasteiger partial charge in [-0.1, -0.05) is 67.7 Å². The highest BCUT2D eigenvalue weighted by atomic mass is 32.2. The Labute approximate surface area is 212 Å². The van der Waals surface area contributed by atoms with E-state index >= 15 is 0 Å². The van der Waals surface area contributed by atoms with Crippen molar-refractivity contribution in [3.63, 3.8) is 0 Å². The summed E-state index contributed by atoms with van der Waals surface area (Å²) in [5, 5.41) is 2.70. The Morgan fingerprint density at radius 2 is 1.91 bits per heavy atom. The Hall–Kier alpha value is -2.00. The van der Waals surface area contributed by atoms with Gasteiger partial charge in [-0.15, -0.1) is 11.3 Å². The lowest BCUT2D eigenvalue weighted by Crippen LogP contribution is -2.32. The van der Waals surface area contributed by atoms with Gasteiger partial charge in [0.2, 0.25) is 0 Å². The van der Waals surface area contributed by atoms with Gasteiger partial charge in [-0.05, 0) is 31.6 Å². The number of Topliss-reactive ketones (excluding diaryl/α,β-unsaturated/α-hetero) is 1. The van der Waals surface area contributed by atoms with Crippen LogP contribution in [0.1, 0.15) is 60.8 Å². The number of nitrogens with zero attached hydrogens (tertiary/aromatic N) is 3. The molecule has 0 amide bonds. The first-order valence-electron chi connectivity index (χ1n) is 11.3. The van der Waals surface area contributed by atoms with Gasteiger partial charge in [0.15, 0.2) is 10.9 Å². The average Bonchev–Trinajstić information content (AvgIpc) is 3.20. The zero-order chi connectivity index (χ0) is 24.0. The van der Waals surface area contributed by atoms with E-state index < -0.39 is 0 Å². The van der Waals surface area contributed by atoms with Crippen molar-refractivity contribution in [1.29, 1.82) is 0 Å². The minimum Gasteiger partial charge on any atom is -0.370 e. The monoisotopic (exact) mass is 509 g/mol. The number of ether oxygens (including phenoxy) is 1. The molecule has 0 radical (unpaired) electrons. The summed E-state index contributed by atoms with van der Waals surface area (Å²) in [4.78, 5) is 28.6. The van der Waals surface area contributed by atoms with Gasteiger partial charge >= 0.3 is 0 Å². The number of rotatable bonds is 6. The maximum Gasteiger partial charge on any atom is 0.189 e. The van der Waals surface area contributed by atoms with E-state index in [0.29, 0.717) is 18.3 Å². The molecule has 3 aromatic heterocycles. The van der Waals surface area contributed by atoms with E-state index in [1.807, 2.05) is 36.6 Å². The van der Waals surface area contributed by atoms with Crippen molar-refractivity contribution >= 4 is 61.1 Å². The lowest BCUT2D eigenvalue weighted by Gasteiger charge is -2.33. The fourth-order valence-corrected chi connectivity index (χ4v) is 6.94. The fourth-order valence-electron chi connectivity index (χ4n) is 4.36. The number of thioether (sulfide) groups is 2. The van der Waals surface area contributed by atoms with Crippen LogP contribution in [0.25, 0.3) is 20.4 Å². The first-order chi connectivity index (χ1) is 16.3. The number of aromatic nitrogens is 3. The van der Waals surface area contributed by atoms with E-state index in [-0.39, 0.29) is 11.4 Å². The molecule has 0 aliphatic carbocycles. The molecule has 8 heteroatoms. The quantitative estimate of drug-likeness (QED) is 0.121. The number of fused-ring (bicyclic) bond motifs is 5. The minimum atomic E-state index is -0.237. The van der Waals surface area contributed by atoms with Crippen LogP contribution in [-0.2, 0) is 17.8 Å². The normalized spacial score (nSPS) is 15.2. The number of hydrogen-bond acceptors (Lipinski definition) is 8. The van der Waals surface area contributed by atoms with Crippen molar-refractivity contribution in [3.8, 4) is 0 Å². The van der Waals surface area contributed by atoms with Gasteiger partial charge < -0.3 is 4.74 Å². The molecule has 0 saturated carbocycles. The molecular formula is C26H27N3O2S3. The summed E-state index contributed by atoms with van der Waals surface area (Å²) in [5.74, 6) is 0.737. The molecule has 0 atom stereocenters. The lowest BCUT2D eigenvalue weighted by molar-refractivity contribution is -0.0402. The van der Waals surface area contributed by atoms with Crippen molar-refractivity contribution in [1.82, 2.24) is 15.0 Å². The van der Waals surface area contributed by atoms with Gasteiger partial charge in [0, 0.05) is 22.9 Å². The van der Waals surface area contributed by atoms with Crippen LogP contribution in [0.2, 0.25) is 0 Å². The van der Waals surface area contributed by atoms with Crippen LogP contribution < -0.4 is 0 Å². The van der Waals surface area contributed by atoms with Gasteiger partial charge in [0.1, 0.15) is 9.86 Å². The van der Waals surface area contributed by atoms with Gasteiger partial charge in [0.05, 0.1) is 33.9 Å². The third kappa shape index (κ3) is 4.37. The van der Waals surface area contributed by atoms with E-state index in [1.54, 1.807) is 11.3 Å². The Bertz CT molecular complexity index is 1400. The molecule has 34 heavy (non-hydrogen) atoms. The molecule has 0 saturated heterocycles. The van der Waals surface area contributed by atoms with Crippen molar-refractivity contribution in [2.24, 2.45) is 0 Å². The third-order valence-corrected chi connectivity index (χ3v) is 8.77. The fraction of sp³-hybridized carbons (Fsp3) is 0.385. The predicted molar refractivity (Wildman–Crippen MR) is 143 cm³/mol. The van der Waals surface area contributed by atoms with Gasteiger partial charge in [-0.3, -0.25) is 4.79 Å². The van der Waals surface area contributed by atoms with Crippen LogP contribution in [-0.4, -0.2) is 38.3 Å². The van der Waals surface area contributed by atoms with E-state index in [0.717, 1.165) is 48.3 Å². The molecular weight excluding hydrogens is 483 g/mol.